The van der Waals surface area contributed by atoms with Gasteiger partial charge in [0.05, 0.1) is 17.2 Å². The summed E-state index contributed by atoms with van der Waals surface area (Å²) in [6, 6.07) is 5.75. The van der Waals surface area contributed by atoms with Crippen LogP contribution in [0.3, 0.4) is 0 Å². The van der Waals surface area contributed by atoms with Crippen molar-refractivity contribution in [2.45, 2.75) is 19.1 Å². The number of aromatic hydroxyl groups is 1. The van der Waals surface area contributed by atoms with Gasteiger partial charge in [-0.1, -0.05) is 6.07 Å². The molecule has 2 aromatic carbocycles. The van der Waals surface area contributed by atoms with E-state index in [0.29, 0.717) is 18.7 Å². The summed E-state index contributed by atoms with van der Waals surface area (Å²) in [4.78, 5) is 10.4. The van der Waals surface area contributed by atoms with Gasteiger partial charge in [0.1, 0.15) is 5.69 Å². The lowest BCUT2D eigenvalue weighted by Gasteiger charge is -2.28. The van der Waals surface area contributed by atoms with Gasteiger partial charge in [-0.2, -0.15) is 27.6 Å². The van der Waals surface area contributed by atoms with Crippen molar-refractivity contribution >= 4 is 32.7 Å². The fourth-order valence-electron chi connectivity index (χ4n) is 4.51. The molecule has 0 atom stereocenters. The number of halogens is 5. The average molecular weight is 569 g/mol. The maximum atomic E-state index is 14.7. The Bertz CT molecular complexity index is 1740. The van der Waals surface area contributed by atoms with Crippen molar-refractivity contribution in [3.63, 3.8) is 0 Å². The lowest BCUT2D eigenvalue weighted by Crippen LogP contribution is -2.35. The molecule has 9 nitrogen and oxygen atoms in total. The third kappa shape index (κ3) is 4.65. The Morgan fingerprint density at radius 3 is 2.49 bits per heavy atom. The van der Waals surface area contributed by atoms with E-state index in [1.807, 2.05) is 12.1 Å². The molecule has 2 aromatic heterocycles. The third-order valence-corrected chi connectivity index (χ3v) is 7.88. The zero-order chi connectivity index (χ0) is 28.4. The van der Waals surface area contributed by atoms with E-state index in [0.717, 1.165) is 11.1 Å². The van der Waals surface area contributed by atoms with E-state index in [-0.39, 0.29) is 35.3 Å². The van der Waals surface area contributed by atoms with E-state index in [9.17, 15) is 35.5 Å². The van der Waals surface area contributed by atoms with Gasteiger partial charge >= 0.3 is 6.18 Å². The minimum atomic E-state index is -5.18. The highest BCUT2D eigenvalue weighted by Gasteiger charge is 2.38. The van der Waals surface area contributed by atoms with E-state index in [1.54, 1.807) is 18.0 Å². The molecule has 1 aliphatic heterocycles. The molecule has 4 aromatic rings. The lowest BCUT2D eigenvalue weighted by atomic mass is 10.0. The number of aryl methyl sites for hydroxylation is 1. The second-order valence-corrected chi connectivity index (χ2v) is 11.2. The van der Waals surface area contributed by atoms with Gasteiger partial charge in [-0.15, -0.1) is 0 Å². The van der Waals surface area contributed by atoms with Crippen LogP contribution in [0.2, 0.25) is 0 Å². The molecule has 0 unspecified atom stereocenters. The molecule has 0 amide bonds. The number of aromatic nitrogens is 4. The van der Waals surface area contributed by atoms with Crippen molar-refractivity contribution in [2.24, 2.45) is 7.05 Å². The summed E-state index contributed by atoms with van der Waals surface area (Å²) in [5.41, 5.74) is -0.194. The smallest absolute Gasteiger partial charge is 0.419 e. The number of rotatable bonds is 4. The van der Waals surface area contributed by atoms with E-state index in [1.165, 1.54) is 28.5 Å². The van der Waals surface area contributed by atoms with Crippen LogP contribution in [0.25, 0.3) is 22.3 Å². The highest BCUT2D eigenvalue weighted by molar-refractivity contribution is 7.88. The molecule has 0 bridgehead atoms. The summed E-state index contributed by atoms with van der Waals surface area (Å²) in [6.07, 6.45) is -2.24. The molecule has 0 spiro atoms. The summed E-state index contributed by atoms with van der Waals surface area (Å²) >= 11 is 0. The number of sulfonamides is 1. The second kappa shape index (κ2) is 9.12. The number of hydrogen-bond donors (Lipinski definition) is 1. The van der Waals surface area contributed by atoms with Gasteiger partial charge < -0.3 is 10.0 Å². The molecule has 5 rings (SSSR count). The van der Waals surface area contributed by atoms with Crippen molar-refractivity contribution in [1.82, 2.24) is 24.1 Å². The van der Waals surface area contributed by atoms with E-state index in [2.05, 4.69) is 15.1 Å². The first-order chi connectivity index (χ1) is 18.2. The van der Waals surface area contributed by atoms with Crippen LogP contribution < -0.4 is 4.90 Å². The Morgan fingerprint density at radius 1 is 1.10 bits per heavy atom. The topological polar surface area (TPSA) is 104 Å². The van der Waals surface area contributed by atoms with Crippen LogP contribution in [0.15, 0.2) is 30.5 Å². The number of benzene rings is 2. The Kier molecular flexibility index (Phi) is 6.25. The van der Waals surface area contributed by atoms with Crippen molar-refractivity contribution in [1.29, 1.82) is 0 Å². The SMILES string of the molecule is CN(c1ccc2c(c1)CCN(S(C)(=O)=O)C2)c1ncc2c(-c3cc(C(F)(F)F)c(F)c(O)c3F)nn(C)c2n1. The van der Waals surface area contributed by atoms with Gasteiger partial charge in [0, 0.05) is 44.6 Å². The quantitative estimate of drug-likeness (QED) is 0.370. The largest absolute Gasteiger partial charge is 0.503 e. The van der Waals surface area contributed by atoms with Crippen molar-refractivity contribution in [3.05, 3.63) is 58.8 Å². The summed E-state index contributed by atoms with van der Waals surface area (Å²) in [6.45, 7) is 0.620. The number of nitrogens with zero attached hydrogens (tertiary/aromatic N) is 6. The number of phenolic OH excluding ortho intramolecular Hbond substituents is 1. The van der Waals surface area contributed by atoms with Crippen LogP contribution in [0.1, 0.15) is 16.7 Å². The maximum absolute atomic E-state index is 14.7. The molecule has 0 fully saturated rings. The highest BCUT2D eigenvalue weighted by atomic mass is 32.2. The normalized spacial score (nSPS) is 14.6. The molecule has 39 heavy (non-hydrogen) atoms. The Morgan fingerprint density at radius 2 is 1.82 bits per heavy atom. The van der Waals surface area contributed by atoms with E-state index in [4.69, 9.17) is 0 Å². The maximum Gasteiger partial charge on any atom is 0.419 e. The fourth-order valence-corrected chi connectivity index (χ4v) is 5.31. The zero-order valence-electron chi connectivity index (χ0n) is 20.8. The first kappa shape index (κ1) is 26.7. The standard InChI is InChI=1S/C24H21F5N6O3S/c1-33(14-5-4-13-11-35(39(3,37)38)7-6-12(13)8-14)23-30-10-16-20(32-34(2)22(16)31-23)15-9-17(24(27,28)29)19(26)21(36)18(15)25/h4-5,8-10,36H,6-7,11H2,1-3H3. The van der Waals surface area contributed by atoms with Gasteiger partial charge in [0.2, 0.25) is 16.0 Å². The van der Waals surface area contributed by atoms with Gasteiger partial charge in [0.25, 0.3) is 0 Å². The molecule has 15 heteroatoms. The minimum Gasteiger partial charge on any atom is -0.503 e. The molecule has 1 aliphatic rings. The molecule has 0 aliphatic carbocycles. The van der Waals surface area contributed by atoms with Crippen LogP contribution in [-0.2, 0) is 36.2 Å². The lowest BCUT2D eigenvalue weighted by molar-refractivity contribution is -0.140. The molecule has 0 saturated carbocycles. The van der Waals surface area contributed by atoms with Gasteiger partial charge in [-0.05, 0) is 35.7 Å². The first-order valence-corrected chi connectivity index (χ1v) is 13.3. The molecule has 3 heterocycles. The van der Waals surface area contributed by atoms with Crippen LogP contribution >= 0.6 is 0 Å². The number of hydrogen-bond acceptors (Lipinski definition) is 7. The third-order valence-electron chi connectivity index (χ3n) is 6.63. The number of anilines is 2. The molecule has 0 radical (unpaired) electrons. The molecule has 1 N–H and O–H groups in total. The van der Waals surface area contributed by atoms with Crippen LogP contribution in [0.4, 0.5) is 33.6 Å². The second-order valence-electron chi connectivity index (χ2n) is 9.18. The van der Waals surface area contributed by atoms with Crippen LogP contribution in [-0.4, -0.2) is 57.4 Å². The van der Waals surface area contributed by atoms with Crippen LogP contribution in [0.5, 0.6) is 5.75 Å². The summed E-state index contributed by atoms with van der Waals surface area (Å²) in [5, 5.41) is 13.9. The van der Waals surface area contributed by atoms with Crippen LogP contribution in [0, 0.1) is 11.6 Å². The van der Waals surface area contributed by atoms with Gasteiger partial charge in [-0.3, -0.25) is 0 Å². The van der Waals surface area contributed by atoms with Gasteiger partial charge in [0.15, 0.2) is 23.0 Å². The molecule has 0 saturated heterocycles. The average Bonchev–Trinajstić information content (AvgIpc) is 3.20. The number of phenols is 1. The Labute approximate surface area is 219 Å². The number of fused-ring (bicyclic) bond motifs is 2. The van der Waals surface area contributed by atoms with E-state index < -0.39 is 44.7 Å². The minimum absolute atomic E-state index is 0.0824. The molecular weight excluding hydrogens is 547 g/mol. The summed E-state index contributed by atoms with van der Waals surface area (Å²) in [7, 11) is -0.176. The predicted octanol–water partition coefficient (Wildman–Crippen LogP) is 4.12. The fraction of sp³-hybridized carbons (Fsp3) is 0.292. The number of alkyl halides is 3. The first-order valence-electron chi connectivity index (χ1n) is 11.5. The summed E-state index contributed by atoms with van der Waals surface area (Å²) < 4.78 is 95.0. The highest BCUT2D eigenvalue weighted by Crippen LogP contribution is 2.41. The Hall–Kier alpha value is -3.85. The monoisotopic (exact) mass is 568 g/mol. The van der Waals surface area contributed by atoms with Crippen molar-refractivity contribution in [2.75, 3.05) is 24.7 Å². The summed E-state index contributed by atoms with van der Waals surface area (Å²) in [5.74, 6) is -5.27. The molecular formula is C24H21F5N6O3S. The predicted molar refractivity (Wildman–Crippen MR) is 132 cm³/mol. The Balaban J connectivity index is 1.52. The zero-order valence-corrected chi connectivity index (χ0v) is 21.6. The molecule has 206 valence electrons. The van der Waals surface area contributed by atoms with Crippen molar-refractivity contribution in [3.8, 4) is 17.0 Å². The van der Waals surface area contributed by atoms with Crippen molar-refractivity contribution < 1.29 is 35.5 Å². The van der Waals surface area contributed by atoms with Gasteiger partial charge in [-0.25, -0.2) is 26.9 Å². The van der Waals surface area contributed by atoms with E-state index >= 15 is 0 Å².